The highest BCUT2D eigenvalue weighted by Gasteiger charge is 2.24. The van der Waals surface area contributed by atoms with Gasteiger partial charge in [0.1, 0.15) is 0 Å². The van der Waals surface area contributed by atoms with Crippen molar-refractivity contribution in [1.29, 1.82) is 0 Å². The summed E-state index contributed by atoms with van der Waals surface area (Å²) in [5, 5.41) is 8.92. The maximum absolute atomic E-state index is 10.8. The Hall–Kier alpha value is -0.570. The van der Waals surface area contributed by atoms with Crippen LogP contribution in [0.1, 0.15) is 46.0 Å². The van der Waals surface area contributed by atoms with E-state index in [9.17, 15) is 4.79 Å². The number of rotatable bonds is 6. The predicted molar refractivity (Wildman–Crippen MR) is 60.9 cm³/mol. The second-order valence-corrected chi connectivity index (χ2v) is 4.67. The highest BCUT2D eigenvalue weighted by molar-refractivity contribution is 5.69. The molecule has 1 aliphatic carbocycles. The normalized spacial score (nSPS) is 19.7. The van der Waals surface area contributed by atoms with Crippen LogP contribution in [0.25, 0.3) is 0 Å². The number of nitrogens with zero attached hydrogens (tertiary/aromatic N) is 1. The van der Waals surface area contributed by atoms with Crippen molar-refractivity contribution in [1.82, 2.24) is 4.90 Å². The fourth-order valence-electron chi connectivity index (χ4n) is 2.41. The van der Waals surface area contributed by atoms with Gasteiger partial charge in [0.05, 0.1) is 5.92 Å². The van der Waals surface area contributed by atoms with Crippen LogP contribution in [0.5, 0.6) is 0 Å². The lowest BCUT2D eigenvalue weighted by Gasteiger charge is -2.29. The number of carboxylic acids is 1. The molecule has 15 heavy (non-hydrogen) atoms. The van der Waals surface area contributed by atoms with Crippen molar-refractivity contribution >= 4 is 5.97 Å². The Morgan fingerprint density at radius 3 is 2.53 bits per heavy atom. The summed E-state index contributed by atoms with van der Waals surface area (Å²) >= 11 is 0. The van der Waals surface area contributed by atoms with E-state index in [0.717, 1.165) is 13.0 Å². The molecule has 3 nitrogen and oxygen atoms in total. The molecule has 0 aliphatic heterocycles. The molecule has 88 valence electrons. The van der Waals surface area contributed by atoms with E-state index in [2.05, 4.69) is 11.8 Å². The van der Waals surface area contributed by atoms with Gasteiger partial charge in [0.2, 0.25) is 0 Å². The van der Waals surface area contributed by atoms with E-state index in [0.29, 0.717) is 12.6 Å². The third-order valence-corrected chi connectivity index (χ3v) is 3.28. The zero-order chi connectivity index (χ0) is 11.3. The molecule has 1 atom stereocenters. The molecule has 0 aromatic rings. The molecule has 1 unspecified atom stereocenters. The van der Waals surface area contributed by atoms with E-state index < -0.39 is 5.97 Å². The van der Waals surface area contributed by atoms with Gasteiger partial charge in [-0.3, -0.25) is 9.69 Å². The molecule has 0 bridgehead atoms. The molecule has 1 aliphatic rings. The summed E-state index contributed by atoms with van der Waals surface area (Å²) in [6, 6.07) is 0.645. The minimum atomic E-state index is -0.672. The fraction of sp³-hybridized carbons (Fsp3) is 0.917. The van der Waals surface area contributed by atoms with Crippen LogP contribution in [0.15, 0.2) is 0 Å². The third kappa shape index (κ3) is 3.82. The molecule has 0 heterocycles. The van der Waals surface area contributed by atoms with E-state index in [1.807, 2.05) is 0 Å². The summed E-state index contributed by atoms with van der Waals surface area (Å²) in [4.78, 5) is 13.2. The van der Waals surface area contributed by atoms with Gasteiger partial charge in [0, 0.05) is 12.6 Å². The van der Waals surface area contributed by atoms with Crippen molar-refractivity contribution < 1.29 is 9.90 Å². The molecule has 1 N–H and O–H groups in total. The van der Waals surface area contributed by atoms with Gasteiger partial charge in [-0.2, -0.15) is 0 Å². The van der Waals surface area contributed by atoms with E-state index >= 15 is 0 Å². The summed E-state index contributed by atoms with van der Waals surface area (Å²) < 4.78 is 0. The van der Waals surface area contributed by atoms with E-state index in [1.54, 1.807) is 6.92 Å². The largest absolute Gasteiger partial charge is 0.481 e. The van der Waals surface area contributed by atoms with Gasteiger partial charge in [0.25, 0.3) is 0 Å². The van der Waals surface area contributed by atoms with E-state index in [1.165, 1.54) is 25.7 Å². The Morgan fingerprint density at radius 1 is 1.47 bits per heavy atom. The minimum Gasteiger partial charge on any atom is -0.481 e. The maximum Gasteiger partial charge on any atom is 0.307 e. The molecule has 0 aromatic carbocycles. The van der Waals surface area contributed by atoms with Crippen LogP contribution >= 0.6 is 0 Å². The zero-order valence-corrected chi connectivity index (χ0v) is 9.91. The first-order valence-electron chi connectivity index (χ1n) is 6.12. The monoisotopic (exact) mass is 213 g/mol. The topological polar surface area (TPSA) is 40.5 Å². The summed E-state index contributed by atoms with van der Waals surface area (Å²) in [6.45, 7) is 5.73. The maximum atomic E-state index is 10.8. The van der Waals surface area contributed by atoms with Crippen molar-refractivity contribution in [3.05, 3.63) is 0 Å². The Labute approximate surface area is 92.5 Å². The first-order chi connectivity index (χ1) is 7.15. The molecule has 1 saturated carbocycles. The lowest BCUT2D eigenvalue weighted by atomic mass is 10.1. The van der Waals surface area contributed by atoms with Gasteiger partial charge in [-0.15, -0.1) is 0 Å². The average Bonchev–Trinajstić information content (AvgIpc) is 2.69. The van der Waals surface area contributed by atoms with Gasteiger partial charge in [0.15, 0.2) is 0 Å². The van der Waals surface area contributed by atoms with E-state index in [-0.39, 0.29) is 5.92 Å². The van der Waals surface area contributed by atoms with Crippen molar-refractivity contribution in [2.24, 2.45) is 5.92 Å². The van der Waals surface area contributed by atoms with Gasteiger partial charge in [-0.05, 0) is 25.8 Å². The number of hydrogen-bond donors (Lipinski definition) is 1. The number of carboxylic acid groups (broad SMARTS) is 1. The summed E-state index contributed by atoms with van der Waals surface area (Å²) in [7, 11) is 0. The third-order valence-electron chi connectivity index (χ3n) is 3.28. The SMILES string of the molecule is CCCN(CC(C)C(=O)O)C1CCCC1. The van der Waals surface area contributed by atoms with E-state index in [4.69, 9.17) is 5.11 Å². The van der Waals surface area contributed by atoms with Crippen LogP contribution in [0.2, 0.25) is 0 Å². The van der Waals surface area contributed by atoms with Gasteiger partial charge < -0.3 is 5.11 Å². The van der Waals surface area contributed by atoms with Crippen LogP contribution < -0.4 is 0 Å². The highest BCUT2D eigenvalue weighted by Crippen LogP contribution is 2.24. The van der Waals surface area contributed by atoms with Crippen LogP contribution in [0, 0.1) is 5.92 Å². The Balaban J connectivity index is 2.45. The second kappa shape index (κ2) is 6.11. The van der Waals surface area contributed by atoms with Crippen molar-refractivity contribution in [3.8, 4) is 0 Å². The number of carbonyl (C=O) groups is 1. The molecule has 1 fully saturated rings. The van der Waals surface area contributed by atoms with Crippen LogP contribution in [0.4, 0.5) is 0 Å². The smallest absolute Gasteiger partial charge is 0.307 e. The van der Waals surface area contributed by atoms with Crippen LogP contribution in [0.3, 0.4) is 0 Å². The second-order valence-electron chi connectivity index (χ2n) is 4.67. The van der Waals surface area contributed by atoms with Crippen LogP contribution in [-0.2, 0) is 4.79 Å². The average molecular weight is 213 g/mol. The molecular formula is C12H23NO2. The fourth-order valence-corrected chi connectivity index (χ4v) is 2.41. The molecular weight excluding hydrogens is 190 g/mol. The molecule has 0 aromatic heterocycles. The summed E-state index contributed by atoms with van der Waals surface area (Å²) in [6.07, 6.45) is 6.25. The van der Waals surface area contributed by atoms with Crippen molar-refractivity contribution in [2.75, 3.05) is 13.1 Å². The van der Waals surface area contributed by atoms with Crippen LogP contribution in [-0.4, -0.2) is 35.1 Å². The minimum absolute atomic E-state index is 0.239. The standard InChI is InChI=1S/C12H23NO2/c1-3-8-13(9-10(2)12(14)15)11-6-4-5-7-11/h10-11H,3-9H2,1-2H3,(H,14,15). The lowest BCUT2D eigenvalue weighted by molar-refractivity contribution is -0.141. The van der Waals surface area contributed by atoms with Gasteiger partial charge in [-0.1, -0.05) is 26.7 Å². The Kier molecular flexibility index (Phi) is 5.09. The van der Waals surface area contributed by atoms with Crippen molar-refractivity contribution in [3.63, 3.8) is 0 Å². The number of aliphatic carboxylic acids is 1. The van der Waals surface area contributed by atoms with Crippen molar-refractivity contribution in [2.45, 2.75) is 52.0 Å². The molecule has 0 spiro atoms. The zero-order valence-electron chi connectivity index (χ0n) is 9.91. The summed E-state index contributed by atoms with van der Waals surface area (Å²) in [5.41, 5.74) is 0. The first kappa shape index (κ1) is 12.5. The molecule has 0 radical (unpaired) electrons. The Morgan fingerprint density at radius 2 is 2.07 bits per heavy atom. The van der Waals surface area contributed by atoms with Gasteiger partial charge >= 0.3 is 5.97 Å². The Bertz CT molecular complexity index is 200. The lowest BCUT2D eigenvalue weighted by Crippen LogP contribution is -2.39. The quantitative estimate of drug-likeness (QED) is 0.736. The molecule has 1 rings (SSSR count). The first-order valence-corrected chi connectivity index (χ1v) is 6.12. The number of hydrogen-bond acceptors (Lipinski definition) is 2. The van der Waals surface area contributed by atoms with Gasteiger partial charge in [-0.25, -0.2) is 0 Å². The predicted octanol–water partition coefficient (Wildman–Crippen LogP) is 2.36. The highest BCUT2D eigenvalue weighted by atomic mass is 16.4. The molecule has 0 saturated heterocycles. The molecule has 0 amide bonds. The molecule has 3 heteroatoms. The summed E-state index contributed by atoms with van der Waals surface area (Å²) in [5.74, 6) is -0.911.